The minimum atomic E-state index is -0.423. The van der Waals surface area contributed by atoms with Crippen LogP contribution in [0.2, 0.25) is 0 Å². The smallest absolute Gasteiger partial charge is 0.272 e. The monoisotopic (exact) mass is 394 g/mol. The van der Waals surface area contributed by atoms with Gasteiger partial charge in [0.25, 0.3) is 11.6 Å². The van der Waals surface area contributed by atoms with E-state index in [1.807, 2.05) is 24.6 Å². The number of nitrogens with one attached hydrogen (secondary N) is 1. The summed E-state index contributed by atoms with van der Waals surface area (Å²) >= 11 is 0. The number of anilines is 1. The van der Waals surface area contributed by atoms with Gasteiger partial charge in [0, 0.05) is 23.7 Å². The van der Waals surface area contributed by atoms with Crippen molar-refractivity contribution in [2.24, 2.45) is 0 Å². The lowest BCUT2D eigenvalue weighted by Crippen LogP contribution is -2.13. The standard InChI is InChI=1S/C21H22N4O4/c1-4-24-15(3)19(12-22-24)23-21(26)17-7-5-6-16(11-17)13-29-18-8-9-20(25(27)28)14(2)10-18/h5-12H,4,13H2,1-3H3,(H,23,26). The van der Waals surface area contributed by atoms with Crippen molar-refractivity contribution in [3.63, 3.8) is 0 Å². The fraction of sp³-hybridized carbons (Fsp3) is 0.238. The van der Waals surface area contributed by atoms with Gasteiger partial charge in [0.15, 0.2) is 0 Å². The number of carbonyl (C=O) groups is 1. The van der Waals surface area contributed by atoms with Crippen LogP contribution < -0.4 is 10.1 Å². The van der Waals surface area contributed by atoms with Crippen molar-refractivity contribution >= 4 is 17.3 Å². The molecular formula is C21H22N4O4. The highest BCUT2D eigenvalue weighted by atomic mass is 16.6. The van der Waals surface area contributed by atoms with Gasteiger partial charge in [-0.05, 0) is 50.6 Å². The second-order valence-electron chi connectivity index (χ2n) is 6.61. The Morgan fingerprint density at radius 2 is 2.03 bits per heavy atom. The van der Waals surface area contributed by atoms with E-state index < -0.39 is 4.92 Å². The van der Waals surface area contributed by atoms with E-state index >= 15 is 0 Å². The van der Waals surface area contributed by atoms with Gasteiger partial charge in [-0.3, -0.25) is 19.6 Å². The Hall–Kier alpha value is -3.68. The number of hydrogen-bond donors (Lipinski definition) is 1. The highest BCUT2D eigenvalue weighted by Gasteiger charge is 2.13. The van der Waals surface area contributed by atoms with Crippen molar-refractivity contribution in [2.75, 3.05) is 5.32 Å². The zero-order valence-electron chi connectivity index (χ0n) is 16.5. The molecule has 2 aromatic carbocycles. The quantitative estimate of drug-likeness (QED) is 0.477. The summed E-state index contributed by atoms with van der Waals surface area (Å²) in [5.74, 6) is 0.308. The van der Waals surface area contributed by atoms with Gasteiger partial charge in [-0.15, -0.1) is 0 Å². The van der Waals surface area contributed by atoms with Gasteiger partial charge in [0.1, 0.15) is 12.4 Å². The van der Waals surface area contributed by atoms with Gasteiger partial charge < -0.3 is 10.1 Å². The second-order valence-corrected chi connectivity index (χ2v) is 6.61. The van der Waals surface area contributed by atoms with Crippen LogP contribution in [0.4, 0.5) is 11.4 Å². The Bertz CT molecular complexity index is 1060. The van der Waals surface area contributed by atoms with Gasteiger partial charge in [-0.2, -0.15) is 5.10 Å². The fourth-order valence-electron chi connectivity index (χ4n) is 2.97. The summed E-state index contributed by atoms with van der Waals surface area (Å²) in [6.07, 6.45) is 1.64. The van der Waals surface area contributed by atoms with Crippen LogP contribution in [-0.4, -0.2) is 20.6 Å². The molecule has 1 heterocycles. The van der Waals surface area contributed by atoms with Crippen molar-refractivity contribution in [3.05, 3.63) is 81.2 Å². The highest BCUT2D eigenvalue weighted by Crippen LogP contribution is 2.24. The van der Waals surface area contributed by atoms with Gasteiger partial charge in [-0.25, -0.2) is 0 Å². The third kappa shape index (κ3) is 4.60. The molecule has 8 nitrogen and oxygen atoms in total. The maximum absolute atomic E-state index is 12.6. The minimum Gasteiger partial charge on any atom is -0.489 e. The molecule has 0 aliphatic carbocycles. The predicted octanol–water partition coefficient (Wildman–Crippen LogP) is 4.26. The maximum Gasteiger partial charge on any atom is 0.272 e. The van der Waals surface area contributed by atoms with Gasteiger partial charge in [0.2, 0.25) is 0 Å². The molecule has 0 radical (unpaired) electrons. The molecule has 0 aliphatic rings. The van der Waals surface area contributed by atoms with E-state index in [0.29, 0.717) is 22.6 Å². The van der Waals surface area contributed by atoms with E-state index in [1.54, 1.807) is 43.5 Å². The zero-order chi connectivity index (χ0) is 21.0. The zero-order valence-corrected chi connectivity index (χ0v) is 16.5. The topological polar surface area (TPSA) is 99.3 Å². The van der Waals surface area contributed by atoms with E-state index in [2.05, 4.69) is 10.4 Å². The van der Waals surface area contributed by atoms with E-state index in [-0.39, 0.29) is 18.2 Å². The van der Waals surface area contributed by atoms with Crippen LogP contribution in [0.25, 0.3) is 0 Å². The van der Waals surface area contributed by atoms with E-state index in [4.69, 9.17) is 4.74 Å². The molecule has 1 N–H and O–H groups in total. The summed E-state index contributed by atoms with van der Waals surface area (Å²) in [5, 5.41) is 18.0. The molecule has 0 saturated heterocycles. The number of nitro benzene ring substituents is 1. The van der Waals surface area contributed by atoms with Crippen LogP contribution in [0.1, 0.15) is 34.1 Å². The van der Waals surface area contributed by atoms with Crippen LogP contribution in [0.15, 0.2) is 48.7 Å². The van der Waals surface area contributed by atoms with Crippen molar-refractivity contribution < 1.29 is 14.5 Å². The number of rotatable bonds is 7. The first-order valence-electron chi connectivity index (χ1n) is 9.19. The van der Waals surface area contributed by atoms with Gasteiger partial charge >= 0.3 is 0 Å². The molecule has 0 fully saturated rings. The Kier molecular flexibility index (Phi) is 5.92. The van der Waals surface area contributed by atoms with Crippen molar-refractivity contribution in [3.8, 4) is 5.75 Å². The number of nitro groups is 1. The number of amides is 1. The number of aryl methyl sites for hydroxylation is 2. The van der Waals surface area contributed by atoms with Crippen LogP contribution in [-0.2, 0) is 13.2 Å². The summed E-state index contributed by atoms with van der Waals surface area (Å²) < 4.78 is 7.54. The summed E-state index contributed by atoms with van der Waals surface area (Å²) in [5.41, 5.74) is 3.49. The third-order valence-corrected chi connectivity index (χ3v) is 4.61. The number of benzene rings is 2. The van der Waals surface area contributed by atoms with Crippen LogP contribution in [0.5, 0.6) is 5.75 Å². The molecule has 1 amide bonds. The number of carbonyl (C=O) groups excluding carboxylic acids is 1. The van der Waals surface area contributed by atoms with E-state index in [0.717, 1.165) is 17.8 Å². The number of hydrogen-bond acceptors (Lipinski definition) is 5. The molecule has 0 spiro atoms. The first-order valence-corrected chi connectivity index (χ1v) is 9.19. The maximum atomic E-state index is 12.6. The normalized spacial score (nSPS) is 10.6. The average molecular weight is 394 g/mol. The van der Waals surface area contributed by atoms with Crippen molar-refractivity contribution in [2.45, 2.75) is 33.9 Å². The predicted molar refractivity (Wildman–Crippen MR) is 109 cm³/mol. The Labute approximate surface area is 168 Å². The summed E-state index contributed by atoms with van der Waals surface area (Å²) in [6, 6.07) is 11.8. The molecular weight excluding hydrogens is 372 g/mol. The summed E-state index contributed by atoms with van der Waals surface area (Å²) in [6.45, 7) is 6.53. The fourth-order valence-corrected chi connectivity index (χ4v) is 2.97. The molecule has 0 atom stereocenters. The minimum absolute atomic E-state index is 0.0534. The Morgan fingerprint density at radius 1 is 1.24 bits per heavy atom. The van der Waals surface area contributed by atoms with Crippen molar-refractivity contribution in [1.82, 2.24) is 9.78 Å². The molecule has 0 bridgehead atoms. The average Bonchev–Trinajstić information content (AvgIpc) is 3.05. The lowest BCUT2D eigenvalue weighted by molar-refractivity contribution is -0.385. The molecule has 1 aromatic heterocycles. The van der Waals surface area contributed by atoms with Gasteiger partial charge in [-0.1, -0.05) is 12.1 Å². The highest BCUT2D eigenvalue weighted by molar-refractivity contribution is 6.04. The number of aromatic nitrogens is 2. The molecule has 150 valence electrons. The first kappa shape index (κ1) is 20.1. The second kappa shape index (κ2) is 8.55. The largest absolute Gasteiger partial charge is 0.489 e. The number of nitrogens with zero attached hydrogens (tertiary/aromatic N) is 3. The molecule has 29 heavy (non-hydrogen) atoms. The van der Waals surface area contributed by atoms with Crippen LogP contribution in [0, 0.1) is 24.0 Å². The Morgan fingerprint density at radius 3 is 2.69 bits per heavy atom. The lowest BCUT2D eigenvalue weighted by Gasteiger charge is -2.09. The molecule has 0 saturated carbocycles. The van der Waals surface area contributed by atoms with Crippen LogP contribution in [0.3, 0.4) is 0 Å². The summed E-state index contributed by atoms with van der Waals surface area (Å²) in [7, 11) is 0. The van der Waals surface area contributed by atoms with Gasteiger partial charge in [0.05, 0.1) is 22.5 Å². The Balaban J connectivity index is 1.67. The number of ether oxygens (including phenoxy) is 1. The lowest BCUT2D eigenvalue weighted by atomic mass is 10.1. The molecule has 0 unspecified atom stereocenters. The molecule has 8 heteroatoms. The van der Waals surface area contributed by atoms with Crippen LogP contribution >= 0.6 is 0 Å². The SMILES string of the molecule is CCn1ncc(NC(=O)c2cccc(COc3ccc([N+](=O)[O-])c(C)c3)c2)c1C. The van der Waals surface area contributed by atoms with Crippen molar-refractivity contribution in [1.29, 1.82) is 0 Å². The third-order valence-electron chi connectivity index (χ3n) is 4.61. The molecule has 0 aliphatic heterocycles. The van der Waals surface area contributed by atoms with E-state index in [1.165, 1.54) is 6.07 Å². The molecule has 3 aromatic rings. The van der Waals surface area contributed by atoms with E-state index in [9.17, 15) is 14.9 Å². The molecule has 3 rings (SSSR count). The summed E-state index contributed by atoms with van der Waals surface area (Å²) in [4.78, 5) is 23.1. The first-order chi connectivity index (χ1) is 13.9.